The number of carbonyl (C=O) groups excluding carboxylic acids is 1. The minimum atomic E-state index is 0.209. The van der Waals surface area contributed by atoms with Crippen LogP contribution in [-0.2, 0) is 9.53 Å². The number of ether oxygens (including phenoxy) is 1. The second-order valence-corrected chi connectivity index (χ2v) is 5.62. The monoisotopic (exact) mass is 254 g/mol. The molecular formula is C14H26N2O2. The van der Waals surface area contributed by atoms with Crippen LogP contribution in [-0.4, -0.2) is 49.7 Å². The van der Waals surface area contributed by atoms with Gasteiger partial charge in [0.05, 0.1) is 6.61 Å². The van der Waals surface area contributed by atoms with Crippen molar-refractivity contribution in [2.45, 2.75) is 39.2 Å². The Labute approximate surface area is 110 Å². The Kier molecular flexibility index (Phi) is 5.01. The van der Waals surface area contributed by atoms with E-state index in [4.69, 9.17) is 4.74 Å². The molecule has 0 saturated carbocycles. The van der Waals surface area contributed by atoms with Crippen molar-refractivity contribution in [3.05, 3.63) is 0 Å². The van der Waals surface area contributed by atoms with Crippen LogP contribution in [0.25, 0.3) is 0 Å². The number of carbonyl (C=O) groups is 1. The first-order valence-electron chi connectivity index (χ1n) is 7.32. The minimum absolute atomic E-state index is 0.209. The van der Waals surface area contributed by atoms with Crippen LogP contribution in [0.3, 0.4) is 0 Å². The molecule has 0 spiro atoms. The van der Waals surface area contributed by atoms with Gasteiger partial charge in [-0.2, -0.15) is 0 Å². The van der Waals surface area contributed by atoms with Crippen LogP contribution in [0.4, 0.5) is 0 Å². The minimum Gasteiger partial charge on any atom is -0.381 e. The van der Waals surface area contributed by atoms with Gasteiger partial charge < -0.3 is 15.0 Å². The molecule has 0 radical (unpaired) electrons. The second kappa shape index (κ2) is 6.53. The summed E-state index contributed by atoms with van der Waals surface area (Å²) in [7, 11) is 0. The van der Waals surface area contributed by atoms with Gasteiger partial charge in [-0.1, -0.05) is 13.8 Å². The lowest BCUT2D eigenvalue weighted by molar-refractivity contribution is -0.138. The maximum absolute atomic E-state index is 12.1. The molecule has 3 unspecified atom stereocenters. The molecule has 0 aromatic heterocycles. The van der Waals surface area contributed by atoms with Crippen LogP contribution < -0.4 is 5.32 Å². The standard InChI is InChI=1S/C14H26N2O2/c1-3-15-13(12-6-8-18-10-12)9-16-7-4-5-11(2)14(16)17/h11-13,15H,3-10H2,1-2H3. The van der Waals surface area contributed by atoms with Crippen LogP contribution >= 0.6 is 0 Å². The lowest BCUT2D eigenvalue weighted by atomic mass is 9.95. The van der Waals surface area contributed by atoms with Gasteiger partial charge in [-0.05, 0) is 25.8 Å². The fraction of sp³-hybridized carbons (Fsp3) is 0.929. The molecule has 18 heavy (non-hydrogen) atoms. The van der Waals surface area contributed by atoms with Crippen LogP contribution in [0.15, 0.2) is 0 Å². The number of rotatable bonds is 5. The smallest absolute Gasteiger partial charge is 0.225 e. The molecule has 1 amide bonds. The number of piperidine rings is 1. The number of hydrogen-bond donors (Lipinski definition) is 1. The average Bonchev–Trinajstić information content (AvgIpc) is 2.88. The third-order valence-corrected chi connectivity index (χ3v) is 4.22. The normalized spacial score (nSPS) is 30.8. The predicted molar refractivity (Wildman–Crippen MR) is 71.4 cm³/mol. The van der Waals surface area contributed by atoms with Crippen molar-refractivity contribution in [2.75, 3.05) is 32.8 Å². The van der Waals surface area contributed by atoms with Crippen molar-refractivity contribution < 1.29 is 9.53 Å². The molecule has 2 heterocycles. The van der Waals surface area contributed by atoms with E-state index in [1.54, 1.807) is 0 Å². The molecule has 4 heteroatoms. The van der Waals surface area contributed by atoms with Crippen LogP contribution in [0.5, 0.6) is 0 Å². The summed E-state index contributed by atoms with van der Waals surface area (Å²) in [5.74, 6) is 1.11. The fourth-order valence-corrected chi connectivity index (χ4v) is 3.06. The molecule has 2 fully saturated rings. The van der Waals surface area contributed by atoms with E-state index < -0.39 is 0 Å². The van der Waals surface area contributed by atoms with Gasteiger partial charge in [0.2, 0.25) is 5.91 Å². The lowest BCUT2D eigenvalue weighted by Gasteiger charge is -2.35. The summed E-state index contributed by atoms with van der Waals surface area (Å²) in [6.07, 6.45) is 3.32. The quantitative estimate of drug-likeness (QED) is 0.803. The Morgan fingerprint density at radius 3 is 3.00 bits per heavy atom. The van der Waals surface area contributed by atoms with E-state index in [0.29, 0.717) is 17.9 Å². The van der Waals surface area contributed by atoms with E-state index in [9.17, 15) is 4.79 Å². The Morgan fingerprint density at radius 1 is 1.50 bits per heavy atom. The molecular weight excluding hydrogens is 228 g/mol. The molecule has 0 aliphatic carbocycles. The molecule has 0 bridgehead atoms. The summed E-state index contributed by atoms with van der Waals surface area (Å²) in [6, 6.07) is 0.395. The van der Waals surface area contributed by atoms with E-state index in [0.717, 1.165) is 52.1 Å². The van der Waals surface area contributed by atoms with Gasteiger partial charge in [-0.15, -0.1) is 0 Å². The highest BCUT2D eigenvalue weighted by Gasteiger charge is 2.31. The molecule has 2 rings (SSSR count). The largest absolute Gasteiger partial charge is 0.381 e. The number of hydrogen-bond acceptors (Lipinski definition) is 3. The second-order valence-electron chi connectivity index (χ2n) is 5.62. The third kappa shape index (κ3) is 3.23. The van der Waals surface area contributed by atoms with E-state index in [1.807, 2.05) is 0 Å². The average molecular weight is 254 g/mol. The summed E-state index contributed by atoms with van der Waals surface area (Å²) >= 11 is 0. The molecule has 0 aromatic carbocycles. The van der Waals surface area contributed by atoms with Gasteiger partial charge in [-0.3, -0.25) is 4.79 Å². The Morgan fingerprint density at radius 2 is 2.33 bits per heavy atom. The van der Waals surface area contributed by atoms with Crippen LogP contribution in [0.2, 0.25) is 0 Å². The molecule has 1 N–H and O–H groups in total. The number of likely N-dealkylation sites (N-methyl/N-ethyl adjacent to an activating group) is 1. The fourth-order valence-electron chi connectivity index (χ4n) is 3.06. The zero-order valence-corrected chi connectivity index (χ0v) is 11.7. The highest BCUT2D eigenvalue weighted by atomic mass is 16.5. The SMILES string of the molecule is CCNC(CN1CCCC(C)C1=O)C1CCOC1. The maximum atomic E-state index is 12.1. The van der Waals surface area contributed by atoms with Crippen molar-refractivity contribution in [1.82, 2.24) is 10.2 Å². The van der Waals surface area contributed by atoms with Crippen molar-refractivity contribution in [3.8, 4) is 0 Å². The number of nitrogens with one attached hydrogen (secondary N) is 1. The molecule has 104 valence electrons. The highest BCUT2D eigenvalue weighted by Crippen LogP contribution is 2.21. The van der Waals surface area contributed by atoms with Gasteiger partial charge in [0.1, 0.15) is 0 Å². The van der Waals surface area contributed by atoms with Gasteiger partial charge in [-0.25, -0.2) is 0 Å². The molecule has 2 aliphatic rings. The van der Waals surface area contributed by atoms with Crippen molar-refractivity contribution in [3.63, 3.8) is 0 Å². The van der Waals surface area contributed by atoms with Gasteiger partial charge >= 0.3 is 0 Å². The van der Waals surface area contributed by atoms with E-state index in [2.05, 4.69) is 24.1 Å². The van der Waals surface area contributed by atoms with Crippen LogP contribution in [0, 0.1) is 11.8 Å². The summed E-state index contributed by atoms with van der Waals surface area (Å²) in [4.78, 5) is 14.2. The van der Waals surface area contributed by atoms with Crippen molar-refractivity contribution in [2.24, 2.45) is 11.8 Å². The van der Waals surface area contributed by atoms with Crippen molar-refractivity contribution >= 4 is 5.91 Å². The zero-order valence-electron chi connectivity index (χ0n) is 11.7. The molecule has 3 atom stereocenters. The van der Waals surface area contributed by atoms with Crippen LogP contribution in [0.1, 0.15) is 33.1 Å². The predicted octanol–water partition coefficient (Wildman–Crippen LogP) is 1.26. The first-order chi connectivity index (χ1) is 8.72. The van der Waals surface area contributed by atoms with Gasteiger partial charge in [0, 0.05) is 37.6 Å². The summed E-state index contributed by atoms with van der Waals surface area (Å²) in [5, 5.41) is 3.53. The van der Waals surface area contributed by atoms with E-state index in [1.165, 1.54) is 0 Å². The maximum Gasteiger partial charge on any atom is 0.225 e. The number of likely N-dealkylation sites (tertiary alicyclic amines) is 1. The Balaban J connectivity index is 1.92. The zero-order chi connectivity index (χ0) is 13.0. The number of amides is 1. The lowest BCUT2D eigenvalue weighted by Crippen LogP contribution is -2.50. The number of nitrogens with zero attached hydrogens (tertiary/aromatic N) is 1. The first-order valence-corrected chi connectivity index (χ1v) is 7.32. The highest BCUT2D eigenvalue weighted by molar-refractivity contribution is 5.79. The first kappa shape index (κ1) is 13.8. The van der Waals surface area contributed by atoms with Crippen molar-refractivity contribution in [1.29, 1.82) is 0 Å². The topological polar surface area (TPSA) is 41.6 Å². The molecule has 2 saturated heterocycles. The van der Waals surface area contributed by atoms with Gasteiger partial charge in [0.15, 0.2) is 0 Å². The Hall–Kier alpha value is -0.610. The molecule has 2 aliphatic heterocycles. The summed E-state index contributed by atoms with van der Waals surface area (Å²) in [5.41, 5.74) is 0. The molecule has 4 nitrogen and oxygen atoms in total. The third-order valence-electron chi connectivity index (χ3n) is 4.22. The van der Waals surface area contributed by atoms with E-state index >= 15 is 0 Å². The van der Waals surface area contributed by atoms with E-state index in [-0.39, 0.29) is 5.92 Å². The van der Waals surface area contributed by atoms with Gasteiger partial charge in [0.25, 0.3) is 0 Å². The Bertz CT molecular complexity index is 277. The molecule has 0 aromatic rings. The summed E-state index contributed by atoms with van der Waals surface area (Å²) in [6.45, 7) is 8.63. The summed E-state index contributed by atoms with van der Waals surface area (Å²) < 4.78 is 5.48.